The smallest absolute Gasteiger partial charge is 0.306 e. The molecule has 5 rings (SSSR count). The Morgan fingerprint density at radius 3 is 2.82 bits per heavy atom. The van der Waals surface area contributed by atoms with E-state index in [0.29, 0.717) is 16.3 Å². The van der Waals surface area contributed by atoms with Crippen LogP contribution in [0.15, 0.2) is 42.4 Å². The minimum atomic E-state index is -0.227. The van der Waals surface area contributed by atoms with Crippen molar-refractivity contribution in [1.82, 2.24) is 15.3 Å². The van der Waals surface area contributed by atoms with Gasteiger partial charge < -0.3 is 21.0 Å². The summed E-state index contributed by atoms with van der Waals surface area (Å²) in [5.74, 6) is 7.37. The number of carbonyl (C=O) groups excluding carboxylic acids is 1. The highest BCUT2D eigenvalue weighted by Gasteiger charge is 2.34. The lowest BCUT2D eigenvalue weighted by Crippen LogP contribution is -2.58. The van der Waals surface area contributed by atoms with E-state index in [9.17, 15) is 10.1 Å². The molecular weight excluding hydrogens is 450 g/mol. The minimum absolute atomic E-state index is 0.0159. The van der Waals surface area contributed by atoms with Crippen LogP contribution in [-0.2, 0) is 11.2 Å². The van der Waals surface area contributed by atoms with Gasteiger partial charge in [0.1, 0.15) is 5.82 Å². The fourth-order valence-electron chi connectivity index (χ4n) is 5.06. The van der Waals surface area contributed by atoms with Crippen molar-refractivity contribution in [2.75, 3.05) is 18.0 Å². The zero-order chi connectivity index (χ0) is 23.8. The van der Waals surface area contributed by atoms with Crippen molar-refractivity contribution >= 4 is 23.3 Å². The number of fused-ring (bicyclic) bond motifs is 1. The highest BCUT2D eigenvalue weighted by atomic mass is 35.5. The Labute approximate surface area is 204 Å². The maximum absolute atomic E-state index is 12.7. The number of pyridine rings is 1. The van der Waals surface area contributed by atoms with Crippen molar-refractivity contribution in [2.45, 2.75) is 50.1 Å². The third-order valence-corrected chi connectivity index (χ3v) is 7.47. The summed E-state index contributed by atoms with van der Waals surface area (Å²) in [6.07, 6.45) is 8.13. The quantitative estimate of drug-likeness (QED) is 0.331. The SMILES string of the molecule is N#Cc1ccc(Cl)cc1C1CC(NC(=O)/C([NH3+])=C/N(N)C2CCc3cc(N4CCC4)ncc32)C1. The van der Waals surface area contributed by atoms with Crippen molar-refractivity contribution in [2.24, 2.45) is 5.84 Å². The van der Waals surface area contributed by atoms with Crippen molar-refractivity contribution in [3.8, 4) is 6.07 Å². The van der Waals surface area contributed by atoms with Crippen LogP contribution in [0.1, 0.15) is 59.9 Å². The number of hydrogen-bond donors (Lipinski definition) is 3. The number of quaternary nitrogens is 1. The zero-order valence-electron chi connectivity index (χ0n) is 19.0. The number of nitrogens with zero attached hydrogens (tertiary/aromatic N) is 4. The summed E-state index contributed by atoms with van der Waals surface area (Å²) in [7, 11) is 0. The molecule has 1 aliphatic heterocycles. The lowest BCUT2D eigenvalue weighted by atomic mass is 9.74. The number of nitrogens with two attached hydrogens (primary N) is 1. The summed E-state index contributed by atoms with van der Waals surface area (Å²) in [5, 5.41) is 14.6. The van der Waals surface area contributed by atoms with E-state index in [0.717, 1.165) is 55.7 Å². The number of nitrogens with one attached hydrogen (secondary N) is 1. The monoisotopic (exact) mass is 478 g/mol. The fraction of sp³-hybridized carbons (Fsp3) is 0.400. The number of carbonyl (C=O) groups is 1. The number of amides is 1. The molecule has 1 atom stereocenters. The Kier molecular flexibility index (Phi) is 6.17. The van der Waals surface area contributed by atoms with E-state index < -0.39 is 0 Å². The van der Waals surface area contributed by atoms with Crippen LogP contribution in [0.2, 0.25) is 5.02 Å². The predicted octanol–water partition coefficient (Wildman–Crippen LogP) is 2.13. The van der Waals surface area contributed by atoms with Crippen molar-refractivity contribution < 1.29 is 10.5 Å². The average Bonchev–Trinajstić information content (AvgIpc) is 3.18. The maximum atomic E-state index is 12.7. The van der Waals surface area contributed by atoms with Gasteiger partial charge in [-0.05, 0) is 79.0 Å². The molecule has 2 fully saturated rings. The fourth-order valence-corrected chi connectivity index (χ4v) is 5.24. The van der Waals surface area contributed by atoms with Gasteiger partial charge in [-0.1, -0.05) is 11.6 Å². The minimum Gasteiger partial charge on any atom is -0.356 e. The average molecular weight is 479 g/mol. The molecule has 1 amide bonds. The van der Waals surface area contributed by atoms with E-state index >= 15 is 0 Å². The summed E-state index contributed by atoms with van der Waals surface area (Å²) in [4.78, 5) is 19.6. The van der Waals surface area contributed by atoms with Gasteiger partial charge in [0, 0.05) is 30.4 Å². The van der Waals surface area contributed by atoms with Crippen LogP contribution >= 0.6 is 11.6 Å². The Morgan fingerprint density at radius 2 is 2.12 bits per heavy atom. The number of rotatable bonds is 6. The second-order valence-corrected chi connectivity index (χ2v) is 9.86. The molecule has 0 radical (unpaired) electrons. The van der Waals surface area contributed by atoms with Gasteiger partial charge >= 0.3 is 5.91 Å². The molecule has 1 aromatic heterocycles. The second-order valence-electron chi connectivity index (χ2n) is 9.42. The van der Waals surface area contributed by atoms with Gasteiger partial charge in [0.05, 0.1) is 23.9 Å². The van der Waals surface area contributed by atoms with Crippen LogP contribution in [0.5, 0.6) is 0 Å². The molecule has 9 heteroatoms. The summed E-state index contributed by atoms with van der Waals surface area (Å²) in [5.41, 5.74) is 8.24. The first-order valence-corrected chi connectivity index (χ1v) is 12.1. The number of nitriles is 1. The van der Waals surface area contributed by atoms with E-state index in [2.05, 4.69) is 33.1 Å². The van der Waals surface area contributed by atoms with E-state index in [-0.39, 0.29) is 23.9 Å². The zero-order valence-corrected chi connectivity index (χ0v) is 19.8. The first-order valence-electron chi connectivity index (χ1n) is 11.7. The van der Waals surface area contributed by atoms with Crippen molar-refractivity contribution in [3.05, 3.63) is 69.6 Å². The molecular formula is C25H29ClN7O+. The lowest BCUT2D eigenvalue weighted by molar-refractivity contribution is -0.300. The molecule has 34 heavy (non-hydrogen) atoms. The Bertz CT molecular complexity index is 1180. The molecule has 8 nitrogen and oxygen atoms in total. The molecule has 1 unspecified atom stereocenters. The van der Waals surface area contributed by atoms with Crippen LogP contribution in [0.3, 0.4) is 0 Å². The van der Waals surface area contributed by atoms with Crippen LogP contribution < -0.4 is 21.8 Å². The summed E-state index contributed by atoms with van der Waals surface area (Å²) in [6.45, 7) is 2.14. The molecule has 2 aliphatic carbocycles. The van der Waals surface area contributed by atoms with Gasteiger partial charge in [0.25, 0.3) is 0 Å². The summed E-state index contributed by atoms with van der Waals surface area (Å²) in [6, 6.07) is 9.75. The Balaban J connectivity index is 1.17. The van der Waals surface area contributed by atoms with Crippen LogP contribution in [0.25, 0.3) is 0 Å². The highest BCUT2D eigenvalue weighted by Crippen LogP contribution is 2.39. The third kappa shape index (κ3) is 4.34. The van der Waals surface area contributed by atoms with Gasteiger partial charge in [0.2, 0.25) is 5.70 Å². The van der Waals surface area contributed by atoms with E-state index in [4.69, 9.17) is 17.4 Å². The number of hydrazine groups is 1. The number of benzene rings is 1. The number of hydrogen-bond acceptors (Lipinski definition) is 6. The largest absolute Gasteiger partial charge is 0.356 e. The first-order chi connectivity index (χ1) is 16.4. The summed E-state index contributed by atoms with van der Waals surface area (Å²) < 4.78 is 0. The van der Waals surface area contributed by atoms with Crippen molar-refractivity contribution in [3.63, 3.8) is 0 Å². The number of halogens is 1. The molecule has 0 bridgehead atoms. The molecule has 1 saturated heterocycles. The van der Waals surface area contributed by atoms with Crippen molar-refractivity contribution in [1.29, 1.82) is 5.26 Å². The second kappa shape index (κ2) is 9.26. The van der Waals surface area contributed by atoms with Gasteiger partial charge in [-0.25, -0.2) is 10.8 Å². The molecule has 176 valence electrons. The highest BCUT2D eigenvalue weighted by molar-refractivity contribution is 6.30. The Morgan fingerprint density at radius 1 is 1.32 bits per heavy atom. The lowest BCUT2D eigenvalue weighted by Gasteiger charge is -2.36. The molecule has 1 aromatic carbocycles. The summed E-state index contributed by atoms with van der Waals surface area (Å²) >= 11 is 6.11. The van der Waals surface area contributed by atoms with E-state index in [1.165, 1.54) is 12.0 Å². The molecule has 1 saturated carbocycles. The van der Waals surface area contributed by atoms with Crippen LogP contribution in [0, 0.1) is 11.3 Å². The third-order valence-electron chi connectivity index (χ3n) is 7.24. The van der Waals surface area contributed by atoms with Gasteiger partial charge in [-0.3, -0.25) is 4.79 Å². The maximum Gasteiger partial charge on any atom is 0.306 e. The van der Waals surface area contributed by atoms with Crippen LogP contribution in [0.4, 0.5) is 5.82 Å². The topological polar surface area (TPSA) is 126 Å². The number of aromatic nitrogens is 1. The van der Waals surface area contributed by atoms with Gasteiger partial charge in [-0.15, -0.1) is 0 Å². The molecule has 2 heterocycles. The molecule has 6 N–H and O–H groups in total. The number of aryl methyl sites for hydroxylation is 1. The number of anilines is 1. The molecule has 2 aromatic rings. The van der Waals surface area contributed by atoms with E-state index in [1.54, 1.807) is 23.3 Å². The first kappa shape index (κ1) is 22.7. The van der Waals surface area contributed by atoms with Gasteiger partial charge in [0.15, 0.2) is 0 Å². The predicted molar refractivity (Wildman–Crippen MR) is 129 cm³/mol. The standard InChI is InChI=1S/C25H28ClN7O/c26-18-4-2-16(12-27)20(11-18)17-8-19(9-17)31-25(34)22(28)14-33(29)23-5-3-15-10-24(30-13-21(15)23)32-6-1-7-32/h2,4,10-11,13-14,17,19,23H,1,3,5-9,28-29H2,(H,31,34)/p+1/b22-14-. The Hall–Kier alpha value is -3.12. The normalized spacial score (nSPS) is 23.4. The van der Waals surface area contributed by atoms with Gasteiger partial charge in [-0.2, -0.15) is 5.26 Å². The molecule has 3 aliphatic rings. The van der Waals surface area contributed by atoms with Crippen LogP contribution in [-0.4, -0.2) is 35.0 Å². The molecule has 0 spiro atoms. The van der Waals surface area contributed by atoms with E-state index in [1.807, 2.05) is 12.3 Å².